The van der Waals surface area contributed by atoms with Crippen molar-refractivity contribution in [3.8, 4) is 0 Å². The zero-order chi connectivity index (χ0) is 26.5. The summed E-state index contributed by atoms with van der Waals surface area (Å²) in [6.45, 7) is 1.59. The van der Waals surface area contributed by atoms with Crippen LogP contribution in [0.2, 0.25) is 5.02 Å². The monoisotopic (exact) mass is 548 g/mol. The predicted octanol–water partition coefficient (Wildman–Crippen LogP) is 6.95. The number of amides is 1. The lowest BCUT2D eigenvalue weighted by Gasteiger charge is -2.57. The molecule has 38 heavy (non-hydrogen) atoms. The van der Waals surface area contributed by atoms with Crippen LogP contribution in [0.15, 0.2) is 77.7 Å². The third-order valence-corrected chi connectivity index (χ3v) is 10.9. The van der Waals surface area contributed by atoms with Crippen molar-refractivity contribution in [2.24, 2.45) is 17.8 Å². The number of benzene rings is 3. The smallest absolute Gasteiger partial charge is 0.264 e. The minimum absolute atomic E-state index is 0.0789. The molecule has 7 heteroatoms. The third-order valence-electron chi connectivity index (χ3n) is 8.83. The average molecular weight is 549 g/mol. The lowest BCUT2D eigenvalue weighted by molar-refractivity contribution is -0.114. The van der Waals surface area contributed by atoms with Gasteiger partial charge < -0.3 is 5.32 Å². The highest BCUT2D eigenvalue weighted by Crippen LogP contribution is 2.60. The topological polar surface area (TPSA) is 66.5 Å². The van der Waals surface area contributed by atoms with Gasteiger partial charge in [0.1, 0.15) is 6.54 Å². The van der Waals surface area contributed by atoms with Crippen LogP contribution < -0.4 is 9.62 Å². The molecule has 3 aromatic carbocycles. The molecule has 0 atom stereocenters. The molecule has 4 saturated carbocycles. The third kappa shape index (κ3) is 4.85. The van der Waals surface area contributed by atoms with Gasteiger partial charge in [-0.05, 0) is 123 Å². The Morgan fingerprint density at radius 3 is 1.97 bits per heavy atom. The van der Waals surface area contributed by atoms with Crippen molar-refractivity contribution in [1.29, 1.82) is 0 Å². The Balaban J connectivity index is 1.20. The van der Waals surface area contributed by atoms with E-state index >= 15 is 0 Å². The molecule has 1 amide bonds. The van der Waals surface area contributed by atoms with Gasteiger partial charge >= 0.3 is 0 Å². The van der Waals surface area contributed by atoms with Gasteiger partial charge in [0.05, 0.1) is 10.6 Å². The van der Waals surface area contributed by atoms with Crippen LogP contribution in [0.4, 0.5) is 11.4 Å². The van der Waals surface area contributed by atoms with Crippen molar-refractivity contribution in [3.05, 3.63) is 88.9 Å². The summed E-state index contributed by atoms with van der Waals surface area (Å²) in [6, 6.07) is 21.4. The number of nitrogens with zero attached hydrogens (tertiary/aromatic N) is 1. The molecule has 0 saturated heterocycles. The lowest BCUT2D eigenvalue weighted by atomic mass is 9.48. The molecule has 5 nitrogen and oxygen atoms in total. The maximum atomic E-state index is 13.6. The summed E-state index contributed by atoms with van der Waals surface area (Å²) in [4.78, 5) is 13.2. The van der Waals surface area contributed by atoms with E-state index in [1.54, 1.807) is 12.1 Å². The number of carbonyl (C=O) groups is 1. The molecule has 0 aliphatic heterocycles. The molecule has 4 aliphatic carbocycles. The van der Waals surface area contributed by atoms with Gasteiger partial charge in [-0.2, -0.15) is 0 Å². The van der Waals surface area contributed by atoms with Crippen LogP contribution in [-0.2, 0) is 20.2 Å². The van der Waals surface area contributed by atoms with E-state index in [1.165, 1.54) is 68.4 Å². The van der Waals surface area contributed by atoms with Gasteiger partial charge in [0.15, 0.2) is 0 Å². The first-order valence-corrected chi connectivity index (χ1v) is 15.3. The predicted molar refractivity (Wildman–Crippen MR) is 152 cm³/mol. The molecule has 0 heterocycles. The van der Waals surface area contributed by atoms with E-state index in [9.17, 15) is 13.2 Å². The first-order chi connectivity index (χ1) is 18.2. The Hall–Kier alpha value is -2.83. The van der Waals surface area contributed by atoms with Gasteiger partial charge in [0, 0.05) is 10.7 Å². The minimum atomic E-state index is -3.99. The second-order valence-electron chi connectivity index (χ2n) is 11.6. The molecule has 4 aliphatic rings. The van der Waals surface area contributed by atoms with Gasteiger partial charge in [-0.1, -0.05) is 41.4 Å². The highest BCUT2D eigenvalue weighted by Gasteiger charge is 2.51. The lowest BCUT2D eigenvalue weighted by Crippen LogP contribution is -2.48. The molecule has 0 unspecified atom stereocenters. The van der Waals surface area contributed by atoms with Crippen LogP contribution in [0.25, 0.3) is 0 Å². The minimum Gasteiger partial charge on any atom is -0.325 e. The molecule has 198 valence electrons. The molecule has 1 N–H and O–H groups in total. The zero-order valence-corrected chi connectivity index (χ0v) is 23.1. The van der Waals surface area contributed by atoms with Crippen LogP contribution in [-0.4, -0.2) is 20.9 Å². The summed E-state index contributed by atoms with van der Waals surface area (Å²) in [5.41, 5.74) is 3.79. The fraction of sp³-hybridized carbons (Fsp3) is 0.387. The Morgan fingerprint density at radius 2 is 1.42 bits per heavy atom. The fourth-order valence-electron chi connectivity index (χ4n) is 7.46. The standard InChI is InChI=1S/C31H33ClN2O3S/c1-21-2-10-28(11-3-21)34(38(36,37)29-12-6-26(32)7-13-29)20-30(35)33-27-8-4-25(5-9-27)31-17-22-14-23(18-31)16-24(15-22)19-31/h2-13,22-24H,14-20H2,1H3,(H,33,35). The van der Waals surface area contributed by atoms with Crippen molar-refractivity contribution >= 4 is 38.9 Å². The number of carbonyl (C=O) groups excluding carboxylic acids is 1. The van der Waals surface area contributed by atoms with E-state index in [4.69, 9.17) is 11.6 Å². The van der Waals surface area contributed by atoms with Gasteiger partial charge in [-0.25, -0.2) is 8.42 Å². The van der Waals surface area contributed by atoms with E-state index in [0.29, 0.717) is 21.8 Å². The van der Waals surface area contributed by atoms with Crippen LogP contribution in [0.5, 0.6) is 0 Å². The van der Waals surface area contributed by atoms with Crippen molar-refractivity contribution in [3.63, 3.8) is 0 Å². The van der Waals surface area contributed by atoms with Gasteiger partial charge in [0.25, 0.3) is 10.0 Å². The maximum Gasteiger partial charge on any atom is 0.264 e. The highest BCUT2D eigenvalue weighted by molar-refractivity contribution is 7.92. The second kappa shape index (κ2) is 9.73. The molecule has 4 fully saturated rings. The van der Waals surface area contributed by atoms with Gasteiger partial charge in [-0.3, -0.25) is 9.10 Å². The summed E-state index contributed by atoms with van der Waals surface area (Å²) < 4.78 is 28.3. The van der Waals surface area contributed by atoms with Gasteiger partial charge in [0.2, 0.25) is 5.91 Å². The Kier molecular flexibility index (Phi) is 6.51. The summed E-state index contributed by atoms with van der Waals surface area (Å²) in [5, 5.41) is 3.37. The van der Waals surface area contributed by atoms with Crippen molar-refractivity contribution in [1.82, 2.24) is 0 Å². The summed E-state index contributed by atoms with van der Waals surface area (Å²) >= 11 is 5.98. The largest absolute Gasteiger partial charge is 0.325 e. The Morgan fingerprint density at radius 1 is 0.868 bits per heavy atom. The van der Waals surface area contributed by atoms with Crippen LogP contribution in [0, 0.1) is 24.7 Å². The summed E-state index contributed by atoms with van der Waals surface area (Å²) in [6.07, 6.45) is 8.09. The summed E-state index contributed by atoms with van der Waals surface area (Å²) in [7, 11) is -3.99. The van der Waals surface area contributed by atoms with E-state index in [1.807, 2.05) is 31.2 Å². The van der Waals surface area contributed by atoms with E-state index < -0.39 is 15.9 Å². The normalized spacial score (nSPS) is 25.8. The number of hydrogen-bond acceptors (Lipinski definition) is 3. The number of halogens is 1. The molecule has 0 spiro atoms. The Bertz CT molecular complexity index is 1400. The van der Waals surface area contributed by atoms with E-state index in [0.717, 1.165) is 27.6 Å². The molecule has 3 aromatic rings. The van der Waals surface area contributed by atoms with Crippen LogP contribution in [0.1, 0.15) is 49.7 Å². The first-order valence-electron chi connectivity index (χ1n) is 13.5. The molecular formula is C31H33ClN2O3S. The maximum absolute atomic E-state index is 13.6. The number of sulfonamides is 1. The average Bonchev–Trinajstić information content (AvgIpc) is 2.88. The van der Waals surface area contributed by atoms with Crippen LogP contribution >= 0.6 is 11.6 Å². The first kappa shape index (κ1) is 25.4. The SMILES string of the molecule is Cc1ccc(N(CC(=O)Nc2ccc(C34CC5CC(CC(C5)C3)C4)cc2)S(=O)(=O)c2ccc(Cl)cc2)cc1. The number of aryl methyl sites for hydroxylation is 1. The van der Waals surface area contributed by atoms with Crippen molar-refractivity contribution in [2.75, 3.05) is 16.2 Å². The van der Waals surface area contributed by atoms with Crippen LogP contribution in [0.3, 0.4) is 0 Å². The van der Waals surface area contributed by atoms with Gasteiger partial charge in [-0.15, -0.1) is 0 Å². The number of hydrogen-bond donors (Lipinski definition) is 1. The fourth-order valence-corrected chi connectivity index (χ4v) is 9.01. The molecule has 0 aromatic heterocycles. The van der Waals surface area contributed by atoms with E-state index in [-0.39, 0.29) is 11.4 Å². The molecule has 7 rings (SSSR count). The molecule has 0 radical (unpaired) electrons. The number of rotatable bonds is 7. The Labute approximate surface area is 230 Å². The second-order valence-corrected chi connectivity index (χ2v) is 13.9. The summed E-state index contributed by atoms with van der Waals surface area (Å²) in [5.74, 6) is 2.22. The molecular weight excluding hydrogens is 516 g/mol. The molecule has 4 bridgehead atoms. The number of nitrogens with one attached hydrogen (secondary N) is 1. The van der Waals surface area contributed by atoms with Crippen molar-refractivity contribution < 1.29 is 13.2 Å². The highest BCUT2D eigenvalue weighted by atomic mass is 35.5. The number of anilines is 2. The van der Waals surface area contributed by atoms with E-state index in [2.05, 4.69) is 17.4 Å². The van der Waals surface area contributed by atoms with Crippen molar-refractivity contribution in [2.45, 2.75) is 55.8 Å². The zero-order valence-electron chi connectivity index (χ0n) is 21.6. The quantitative estimate of drug-likeness (QED) is 0.347.